The summed E-state index contributed by atoms with van der Waals surface area (Å²) in [5, 5.41) is 10.9. The van der Waals surface area contributed by atoms with Gasteiger partial charge in [-0.15, -0.1) is 0 Å². The van der Waals surface area contributed by atoms with Crippen molar-refractivity contribution in [2.45, 2.75) is 86.5 Å². The van der Waals surface area contributed by atoms with Gasteiger partial charge in [-0.25, -0.2) is 15.0 Å². The number of fused-ring (bicyclic) bond motifs is 3. The molecule has 3 saturated heterocycles. The molecule has 41 heavy (non-hydrogen) atoms. The Bertz CT molecular complexity index is 1210. The van der Waals surface area contributed by atoms with Gasteiger partial charge >= 0.3 is 0 Å². The lowest BCUT2D eigenvalue weighted by atomic mass is 9.73. The molecule has 2 aromatic heterocycles. The smallest absolute Gasteiger partial charge is 0.175 e. The second kappa shape index (κ2) is 12.2. The summed E-state index contributed by atoms with van der Waals surface area (Å²) < 4.78 is 23.6. The number of pyridine rings is 1. The van der Waals surface area contributed by atoms with Crippen molar-refractivity contribution in [3.8, 4) is 5.75 Å². The molecule has 1 spiro atoms. The maximum atomic E-state index is 10.2. The molecule has 6 rings (SSSR count). The Kier molecular flexibility index (Phi) is 8.58. The summed E-state index contributed by atoms with van der Waals surface area (Å²) in [5.41, 5.74) is 7.11. The predicted octanol–water partition coefficient (Wildman–Crippen LogP) is 2.63. The predicted molar refractivity (Wildman–Crippen MR) is 156 cm³/mol. The summed E-state index contributed by atoms with van der Waals surface area (Å²) >= 11 is 1.48. The van der Waals surface area contributed by atoms with Crippen LogP contribution in [0.4, 0.5) is 11.6 Å². The lowest BCUT2D eigenvalue weighted by molar-refractivity contribution is -0.00715. The number of aliphatic hydroxyl groups is 1. The summed E-state index contributed by atoms with van der Waals surface area (Å²) in [7, 11) is 1.72. The van der Waals surface area contributed by atoms with Gasteiger partial charge in [0.2, 0.25) is 0 Å². The molecular formula is C29H42N6O5S. The highest BCUT2D eigenvalue weighted by Gasteiger charge is 2.48. The first-order valence-electron chi connectivity index (χ1n) is 14.7. The number of nitrogens with zero attached hydrogens (tertiary/aromatic N) is 5. The number of nitrogens with two attached hydrogens (primary N) is 1. The van der Waals surface area contributed by atoms with Crippen LogP contribution in [0.15, 0.2) is 28.4 Å². The molecule has 0 amide bonds. The zero-order valence-electron chi connectivity index (χ0n) is 24.2. The van der Waals surface area contributed by atoms with E-state index in [4.69, 9.17) is 34.6 Å². The van der Waals surface area contributed by atoms with Crippen LogP contribution in [-0.4, -0.2) is 97.0 Å². The molecule has 0 unspecified atom stereocenters. The average Bonchev–Trinajstić information content (AvgIpc) is 3.53. The second-order valence-corrected chi connectivity index (χ2v) is 12.9. The molecule has 5 atom stereocenters. The highest BCUT2D eigenvalue weighted by atomic mass is 32.2. The van der Waals surface area contributed by atoms with Crippen molar-refractivity contribution in [3.63, 3.8) is 0 Å². The van der Waals surface area contributed by atoms with E-state index >= 15 is 0 Å². The van der Waals surface area contributed by atoms with Crippen LogP contribution < -0.4 is 20.3 Å². The van der Waals surface area contributed by atoms with Crippen LogP contribution in [0.3, 0.4) is 0 Å². The topological polar surface area (TPSA) is 128 Å². The molecule has 0 radical (unpaired) electrons. The Morgan fingerprint density at radius 3 is 2.83 bits per heavy atom. The third-order valence-corrected chi connectivity index (χ3v) is 10.1. The van der Waals surface area contributed by atoms with Crippen molar-refractivity contribution in [2.75, 3.05) is 56.4 Å². The number of ether oxygens (including phenoxy) is 4. The van der Waals surface area contributed by atoms with E-state index in [-0.39, 0.29) is 42.4 Å². The zero-order chi connectivity index (χ0) is 28.6. The van der Waals surface area contributed by atoms with E-state index in [9.17, 15) is 5.11 Å². The van der Waals surface area contributed by atoms with E-state index in [1.165, 1.54) is 11.8 Å². The number of hydrogen-bond acceptors (Lipinski definition) is 12. The van der Waals surface area contributed by atoms with Gasteiger partial charge in [-0.3, -0.25) is 0 Å². The molecule has 0 saturated carbocycles. The Hall–Kier alpha value is -2.22. The van der Waals surface area contributed by atoms with Crippen LogP contribution in [-0.2, 0) is 20.8 Å². The lowest BCUT2D eigenvalue weighted by Gasteiger charge is -2.41. The third kappa shape index (κ3) is 5.74. The average molecular weight is 587 g/mol. The fraction of sp³-hybridized carbons (Fsp3) is 0.690. The van der Waals surface area contributed by atoms with Crippen molar-refractivity contribution in [1.29, 1.82) is 0 Å². The standard InChI is InChI=1S/C29H42N6O5S/c1-18(5-11-37-3)40-21-12-20-16-38-25-23(4-8-31-28(25)35(20)14-21)41-24-13-32-27(22(15-36)33-24)34-9-6-29(7-10-34)17-39-19(2)26(29)30/h4,8,13,18-21,26,36H,5-7,9-12,14-17,30H2,1-3H3/t18-,19+,20+,21+,26-/m1/s1. The van der Waals surface area contributed by atoms with Gasteiger partial charge in [-0.2, -0.15) is 0 Å². The van der Waals surface area contributed by atoms with Crippen molar-refractivity contribution in [1.82, 2.24) is 15.0 Å². The maximum absolute atomic E-state index is 10.2. The minimum Gasteiger partial charge on any atom is -0.486 e. The molecule has 2 aromatic rings. The number of aliphatic hydroxyl groups excluding tert-OH is 1. The molecule has 11 nitrogen and oxygen atoms in total. The van der Waals surface area contributed by atoms with E-state index in [1.54, 1.807) is 13.3 Å². The summed E-state index contributed by atoms with van der Waals surface area (Å²) in [6.45, 7) is 8.40. The highest BCUT2D eigenvalue weighted by molar-refractivity contribution is 7.99. The first-order valence-corrected chi connectivity index (χ1v) is 15.5. The van der Waals surface area contributed by atoms with Crippen LogP contribution in [0.5, 0.6) is 5.75 Å². The van der Waals surface area contributed by atoms with Crippen molar-refractivity contribution >= 4 is 23.4 Å². The third-order valence-electron chi connectivity index (χ3n) is 9.14. The first-order chi connectivity index (χ1) is 19.9. The van der Waals surface area contributed by atoms with E-state index in [2.05, 4.69) is 28.6 Å². The molecule has 0 aliphatic carbocycles. The van der Waals surface area contributed by atoms with Gasteiger partial charge < -0.3 is 39.6 Å². The van der Waals surface area contributed by atoms with Crippen LogP contribution >= 0.6 is 11.8 Å². The normalized spacial score (nSPS) is 27.5. The number of methoxy groups -OCH3 is 1. The van der Waals surface area contributed by atoms with Gasteiger partial charge in [0.15, 0.2) is 17.4 Å². The minimum atomic E-state index is -0.178. The van der Waals surface area contributed by atoms with Crippen molar-refractivity contribution in [3.05, 3.63) is 24.2 Å². The van der Waals surface area contributed by atoms with E-state index < -0.39 is 0 Å². The fourth-order valence-electron chi connectivity index (χ4n) is 6.66. The summed E-state index contributed by atoms with van der Waals surface area (Å²) in [5.74, 6) is 2.36. The largest absolute Gasteiger partial charge is 0.486 e. The molecule has 3 N–H and O–H groups in total. The van der Waals surface area contributed by atoms with Crippen LogP contribution in [0.1, 0.15) is 45.2 Å². The number of piperidine rings is 1. The first kappa shape index (κ1) is 28.9. The zero-order valence-corrected chi connectivity index (χ0v) is 25.0. The molecular weight excluding hydrogens is 544 g/mol. The Labute approximate surface area is 246 Å². The quantitative estimate of drug-likeness (QED) is 0.448. The SMILES string of the molecule is COCC[C@@H](C)O[C@H]1C[C@H]2COc3c(Sc4cnc(N5CCC6(CC5)CO[C@@H](C)[C@H]6N)c(CO)n4)ccnc3N2C1. The van der Waals surface area contributed by atoms with Gasteiger partial charge in [0.05, 0.1) is 48.7 Å². The minimum absolute atomic E-state index is 0.0295. The molecule has 0 aromatic carbocycles. The van der Waals surface area contributed by atoms with Crippen molar-refractivity contribution in [2.24, 2.45) is 11.1 Å². The second-order valence-electron chi connectivity index (χ2n) is 11.8. The molecule has 12 heteroatoms. The van der Waals surface area contributed by atoms with Gasteiger partial charge in [-0.1, -0.05) is 11.8 Å². The van der Waals surface area contributed by atoms with E-state index in [0.29, 0.717) is 23.9 Å². The van der Waals surface area contributed by atoms with Crippen molar-refractivity contribution < 1.29 is 24.1 Å². The fourth-order valence-corrected chi connectivity index (χ4v) is 7.52. The summed E-state index contributed by atoms with van der Waals surface area (Å²) in [6.07, 6.45) is 7.65. The molecule has 3 fully saturated rings. The summed E-state index contributed by atoms with van der Waals surface area (Å²) in [4.78, 5) is 19.7. The van der Waals surface area contributed by atoms with Gasteiger partial charge in [0.25, 0.3) is 0 Å². The van der Waals surface area contributed by atoms with Gasteiger partial charge in [0.1, 0.15) is 17.3 Å². The molecule has 0 bridgehead atoms. The summed E-state index contributed by atoms with van der Waals surface area (Å²) in [6, 6.07) is 2.25. The van der Waals surface area contributed by atoms with Crippen LogP contribution in [0.2, 0.25) is 0 Å². The Morgan fingerprint density at radius 2 is 2.10 bits per heavy atom. The molecule has 224 valence electrons. The number of anilines is 2. The van der Waals surface area contributed by atoms with Gasteiger partial charge in [-0.05, 0) is 45.6 Å². The number of hydrogen-bond donors (Lipinski definition) is 2. The number of rotatable bonds is 9. The van der Waals surface area contributed by atoms with E-state index in [0.717, 1.165) is 74.2 Å². The van der Waals surface area contributed by atoms with Crippen LogP contribution in [0, 0.1) is 5.41 Å². The number of aromatic nitrogens is 3. The highest BCUT2D eigenvalue weighted by Crippen LogP contribution is 2.45. The monoisotopic (exact) mass is 586 g/mol. The molecule has 4 aliphatic heterocycles. The lowest BCUT2D eigenvalue weighted by Crippen LogP contribution is -2.51. The Morgan fingerprint density at radius 1 is 1.27 bits per heavy atom. The van der Waals surface area contributed by atoms with E-state index in [1.807, 2.05) is 12.3 Å². The molecule has 6 heterocycles. The van der Waals surface area contributed by atoms with Gasteiger partial charge in [0, 0.05) is 51.0 Å². The Balaban J connectivity index is 1.13. The molecule has 4 aliphatic rings. The van der Waals surface area contributed by atoms with Crippen LogP contribution in [0.25, 0.3) is 0 Å². The maximum Gasteiger partial charge on any atom is 0.175 e.